The van der Waals surface area contributed by atoms with Crippen LogP contribution in [0.3, 0.4) is 0 Å². The summed E-state index contributed by atoms with van der Waals surface area (Å²) in [5.41, 5.74) is 5.60. The zero-order valence-electron chi connectivity index (χ0n) is 10.2. The van der Waals surface area contributed by atoms with Gasteiger partial charge in [-0.25, -0.2) is 0 Å². The van der Waals surface area contributed by atoms with E-state index in [2.05, 4.69) is 34.4 Å². The quantitative estimate of drug-likeness (QED) is 0.687. The average Bonchev–Trinajstić information content (AvgIpc) is 2.29. The molecule has 0 aromatic carbocycles. The number of nitrogens with zero attached hydrogens (tertiary/aromatic N) is 2. The molecule has 0 saturated carbocycles. The zero-order chi connectivity index (χ0) is 12.0. The Morgan fingerprint density at radius 1 is 1.25 bits per heavy atom. The van der Waals surface area contributed by atoms with Gasteiger partial charge < -0.3 is 16.4 Å². The van der Waals surface area contributed by atoms with E-state index >= 15 is 0 Å². The monoisotopic (exact) mass is 223 g/mol. The highest BCUT2D eigenvalue weighted by atomic mass is 15.1. The molecule has 1 aromatic heterocycles. The van der Waals surface area contributed by atoms with Crippen LogP contribution in [0.5, 0.6) is 0 Å². The molecule has 0 radical (unpaired) electrons. The molecule has 1 rings (SSSR count). The summed E-state index contributed by atoms with van der Waals surface area (Å²) in [4.78, 5) is 8.17. The molecule has 0 fully saturated rings. The Hall–Kier alpha value is -1.52. The number of nitrogens with two attached hydrogens (primary N) is 1. The SMILES string of the molecule is CCC(CC)CNc1cc(NC)nc(N)n1. The second kappa shape index (κ2) is 6.15. The first-order chi connectivity index (χ1) is 7.69. The van der Waals surface area contributed by atoms with Crippen molar-refractivity contribution in [3.63, 3.8) is 0 Å². The summed E-state index contributed by atoms with van der Waals surface area (Å²) >= 11 is 0. The Morgan fingerprint density at radius 3 is 2.44 bits per heavy atom. The number of hydrogen-bond donors (Lipinski definition) is 3. The van der Waals surface area contributed by atoms with E-state index < -0.39 is 0 Å². The fourth-order valence-electron chi connectivity index (χ4n) is 1.51. The summed E-state index contributed by atoms with van der Waals surface area (Å²) < 4.78 is 0. The van der Waals surface area contributed by atoms with Gasteiger partial charge >= 0.3 is 0 Å². The second-order valence-corrected chi connectivity index (χ2v) is 3.81. The Balaban J connectivity index is 2.62. The minimum absolute atomic E-state index is 0.291. The van der Waals surface area contributed by atoms with Gasteiger partial charge in [0.1, 0.15) is 11.6 Å². The third kappa shape index (κ3) is 3.56. The van der Waals surface area contributed by atoms with Crippen LogP contribution in [0.25, 0.3) is 0 Å². The molecule has 0 saturated heterocycles. The number of nitrogens with one attached hydrogen (secondary N) is 2. The summed E-state index contributed by atoms with van der Waals surface area (Å²) in [5.74, 6) is 2.48. The number of hydrogen-bond acceptors (Lipinski definition) is 5. The molecule has 4 N–H and O–H groups in total. The van der Waals surface area contributed by atoms with Crippen LogP contribution in [0.1, 0.15) is 26.7 Å². The Labute approximate surface area is 96.9 Å². The second-order valence-electron chi connectivity index (χ2n) is 3.81. The number of anilines is 3. The van der Waals surface area contributed by atoms with E-state index in [1.54, 1.807) is 0 Å². The molecule has 0 amide bonds. The van der Waals surface area contributed by atoms with Crippen LogP contribution in [0.4, 0.5) is 17.6 Å². The van der Waals surface area contributed by atoms with E-state index in [1.165, 1.54) is 12.8 Å². The molecule has 0 aliphatic heterocycles. The maximum Gasteiger partial charge on any atom is 0.223 e. The van der Waals surface area contributed by atoms with Crippen molar-refractivity contribution in [1.82, 2.24) is 9.97 Å². The Kier molecular flexibility index (Phi) is 4.82. The van der Waals surface area contributed by atoms with Gasteiger partial charge in [0.05, 0.1) is 0 Å². The maximum atomic E-state index is 5.60. The lowest BCUT2D eigenvalue weighted by Gasteiger charge is -2.14. The van der Waals surface area contributed by atoms with Crippen molar-refractivity contribution in [3.8, 4) is 0 Å². The molecule has 1 aromatic rings. The summed E-state index contributed by atoms with van der Waals surface area (Å²) in [6.07, 6.45) is 2.34. The molecule has 5 heteroatoms. The molecule has 0 aliphatic carbocycles. The molecular weight excluding hydrogens is 202 g/mol. The number of nitrogen functional groups attached to an aromatic ring is 1. The minimum Gasteiger partial charge on any atom is -0.373 e. The molecule has 0 aliphatic rings. The number of rotatable bonds is 6. The van der Waals surface area contributed by atoms with Gasteiger partial charge in [0.25, 0.3) is 0 Å². The Morgan fingerprint density at radius 2 is 1.88 bits per heavy atom. The van der Waals surface area contributed by atoms with Gasteiger partial charge in [0, 0.05) is 19.7 Å². The Bertz CT molecular complexity index is 322. The van der Waals surface area contributed by atoms with E-state index in [-0.39, 0.29) is 0 Å². The van der Waals surface area contributed by atoms with Crippen molar-refractivity contribution in [1.29, 1.82) is 0 Å². The van der Waals surface area contributed by atoms with E-state index in [1.807, 2.05) is 13.1 Å². The topological polar surface area (TPSA) is 75.9 Å². The van der Waals surface area contributed by atoms with Crippen molar-refractivity contribution in [2.75, 3.05) is 30.0 Å². The maximum absolute atomic E-state index is 5.60. The molecule has 5 nitrogen and oxygen atoms in total. The summed E-state index contributed by atoms with van der Waals surface area (Å²) in [5, 5.41) is 6.24. The molecule has 0 bridgehead atoms. The third-order valence-electron chi connectivity index (χ3n) is 2.73. The van der Waals surface area contributed by atoms with Gasteiger partial charge in [-0.1, -0.05) is 26.7 Å². The molecule has 0 spiro atoms. The van der Waals surface area contributed by atoms with Gasteiger partial charge in [-0.15, -0.1) is 0 Å². The standard InChI is InChI=1S/C11H21N5/c1-4-8(5-2)7-14-10-6-9(13-3)15-11(12)16-10/h6,8H,4-5,7H2,1-3H3,(H4,12,13,14,15,16). The lowest BCUT2D eigenvalue weighted by molar-refractivity contribution is 0.518. The number of aromatic nitrogens is 2. The van der Waals surface area contributed by atoms with Crippen LogP contribution in [-0.2, 0) is 0 Å². The fraction of sp³-hybridized carbons (Fsp3) is 0.636. The van der Waals surface area contributed by atoms with Crippen LogP contribution < -0.4 is 16.4 Å². The molecular formula is C11H21N5. The first-order valence-corrected chi connectivity index (χ1v) is 5.75. The average molecular weight is 223 g/mol. The molecule has 1 heterocycles. The molecule has 90 valence electrons. The predicted octanol–water partition coefficient (Wildman–Crippen LogP) is 1.95. The van der Waals surface area contributed by atoms with Crippen LogP contribution in [0.15, 0.2) is 6.07 Å². The molecule has 0 atom stereocenters. The first-order valence-electron chi connectivity index (χ1n) is 5.75. The fourth-order valence-corrected chi connectivity index (χ4v) is 1.51. The zero-order valence-corrected chi connectivity index (χ0v) is 10.2. The van der Waals surface area contributed by atoms with Crippen LogP contribution >= 0.6 is 0 Å². The smallest absolute Gasteiger partial charge is 0.223 e. The third-order valence-corrected chi connectivity index (χ3v) is 2.73. The summed E-state index contributed by atoms with van der Waals surface area (Å²) in [7, 11) is 1.81. The van der Waals surface area contributed by atoms with Crippen LogP contribution in [-0.4, -0.2) is 23.6 Å². The van der Waals surface area contributed by atoms with Crippen molar-refractivity contribution < 1.29 is 0 Å². The van der Waals surface area contributed by atoms with E-state index in [0.29, 0.717) is 11.9 Å². The van der Waals surface area contributed by atoms with Gasteiger partial charge in [0.15, 0.2) is 0 Å². The van der Waals surface area contributed by atoms with E-state index in [4.69, 9.17) is 5.73 Å². The van der Waals surface area contributed by atoms with Crippen LogP contribution in [0, 0.1) is 5.92 Å². The first kappa shape index (κ1) is 12.5. The van der Waals surface area contributed by atoms with E-state index in [0.717, 1.165) is 18.2 Å². The molecule has 16 heavy (non-hydrogen) atoms. The van der Waals surface area contributed by atoms with Gasteiger partial charge in [0.2, 0.25) is 5.95 Å². The summed E-state index contributed by atoms with van der Waals surface area (Å²) in [6.45, 7) is 5.32. The van der Waals surface area contributed by atoms with Gasteiger partial charge in [-0.05, 0) is 5.92 Å². The lowest BCUT2D eigenvalue weighted by Crippen LogP contribution is -2.14. The minimum atomic E-state index is 0.291. The van der Waals surface area contributed by atoms with Crippen LogP contribution in [0.2, 0.25) is 0 Å². The van der Waals surface area contributed by atoms with Crippen molar-refractivity contribution in [2.45, 2.75) is 26.7 Å². The predicted molar refractivity (Wildman–Crippen MR) is 68.6 cm³/mol. The highest BCUT2D eigenvalue weighted by molar-refractivity contribution is 5.50. The highest BCUT2D eigenvalue weighted by Gasteiger charge is 2.05. The van der Waals surface area contributed by atoms with Gasteiger partial charge in [-0.3, -0.25) is 0 Å². The normalized spacial score (nSPS) is 10.5. The van der Waals surface area contributed by atoms with E-state index in [9.17, 15) is 0 Å². The van der Waals surface area contributed by atoms with Crippen molar-refractivity contribution in [2.24, 2.45) is 5.92 Å². The van der Waals surface area contributed by atoms with Gasteiger partial charge in [-0.2, -0.15) is 9.97 Å². The van der Waals surface area contributed by atoms with Crippen molar-refractivity contribution >= 4 is 17.6 Å². The lowest BCUT2D eigenvalue weighted by atomic mass is 10.0. The van der Waals surface area contributed by atoms with Crippen molar-refractivity contribution in [3.05, 3.63) is 6.07 Å². The molecule has 0 unspecified atom stereocenters. The summed E-state index contributed by atoms with van der Waals surface area (Å²) in [6, 6.07) is 1.86. The largest absolute Gasteiger partial charge is 0.373 e. The highest BCUT2D eigenvalue weighted by Crippen LogP contribution is 2.14.